The number of nitro benzene ring substituents is 1. The summed E-state index contributed by atoms with van der Waals surface area (Å²) in [7, 11) is 0.588. The number of benzene rings is 2. The first-order valence-electron chi connectivity index (χ1n) is 7.37. The highest BCUT2D eigenvalue weighted by Crippen LogP contribution is 2.28. The van der Waals surface area contributed by atoms with Crippen LogP contribution in [0.1, 0.15) is 28.9 Å². The highest BCUT2D eigenvalue weighted by molar-refractivity contribution is 9.10. The fourth-order valence-corrected chi connectivity index (χ4v) is 3.24. The fourth-order valence-electron chi connectivity index (χ4n) is 2.33. The van der Waals surface area contributed by atoms with Crippen LogP contribution < -0.4 is 0 Å². The van der Waals surface area contributed by atoms with Gasteiger partial charge in [-0.15, -0.1) is 0 Å². The Morgan fingerprint density at radius 1 is 1.24 bits per heavy atom. The van der Waals surface area contributed by atoms with E-state index < -0.39 is 15.7 Å². The number of carbonyl (C=O) groups is 1. The molecule has 25 heavy (non-hydrogen) atoms. The number of amides is 1. The van der Waals surface area contributed by atoms with Crippen molar-refractivity contribution in [3.8, 4) is 0 Å². The van der Waals surface area contributed by atoms with Gasteiger partial charge in [-0.3, -0.25) is 19.1 Å². The smallest absolute Gasteiger partial charge is 0.284 e. The summed E-state index contributed by atoms with van der Waals surface area (Å²) in [6.45, 7) is 1.86. The molecule has 0 radical (unpaired) electrons. The first-order chi connectivity index (χ1) is 11.7. The van der Waals surface area contributed by atoms with E-state index in [0.717, 1.165) is 5.56 Å². The summed E-state index contributed by atoms with van der Waals surface area (Å²) in [5.41, 5.74) is 0.980. The Morgan fingerprint density at radius 2 is 1.84 bits per heavy atom. The van der Waals surface area contributed by atoms with Crippen molar-refractivity contribution in [2.24, 2.45) is 0 Å². The predicted molar refractivity (Wildman–Crippen MR) is 100 cm³/mol. The highest BCUT2D eigenvalue weighted by Gasteiger charge is 2.22. The number of nitrogens with zero attached hydrogens (tertiary/aromatic N) is 2. The molecule has 132 valence electrons. The molecule has 8 heteroatoms. The Labute approximate surface area is 156 Å². The monoisotopic (exact) mass is 424 g/mol. The van der Waals surface area contributed by atoms with Crippen LogP contribution in [0.25, 0.3) is 0 Å². The minimum atomic E-state index is -1.06. The Hall–Kier alpha value is -2.06. The van der Waals surface area contributed by atoms with E-state index >= 15 is 0 Å². The molecule has 0 heterocycles. The number of hydrogen-bond donors (Lipinski definition) is 0. The molecule has 0 aliphatic carbocycles. The molecule has 1 amide bonds. The van der Waals surface area contributed by atoms with Crippen LogP contribution >= 0.6 is 15.9 Å². The van der Waals surface area contributed by atoms with Gasteiger partial charge in [-0.1, -0.05) is 12.1 Å². The van der Waals surface area contributed by atoms with E-state index in [0.29, 0.717) is 9.37 Å². The Bertz CT molecular complexity index is 839. The van der Waals surface area contributed by atoms with Crippen molar-refractivity contribution in [1.29, 1.82) is 0 Å². The van der Waals surface area contributed by atoms with Crippen molar-refractivity contribution in [3.63, 3.8) is 0 Å². The van der Waals surface area contributed by atoms with Gasteiger partial charge in [0.1, 0.15) is 0 Å². The normalized spacial score (nSPS) is 13.1. The molecule has 0 bridgehead atoms. The second-order valence-corrected chi connectivity index (χ2v) is 7.77. The largest absolute Gasteiger partial charge is 0.335 e. The Kier molecular flexibility index (Phi) is 6.07. The molecule has 2 rings (SSSR count). The first kappa shape index (κ1) is 19.3. The molecule has 0 fully saturated rings. The molecule has 0 N–H and O–H groups in total. The second-order valence-electron chi connectivity index (χ2n) is 5.54. The van der Waals surface area contributed by atoms with E-state index in [1.54, 1.807) is 31.5 Å². The molecule has 0 aliphatic rings. The molecule has 2 atom stereocenters. The van der Waals surface area contributed by atoms with Gasteiger partial charge in [-0.25, -0.2) is 0 Å². The van der Waals surface area contributed by atoms with Gasteiger partial charge in [-0.2, -0.15) is 0 Å². The zero-order valence-corrected chi connectivity index (χ0v) is 16.3. The maximum Gasteiger partial charge on any atom is 0.284 e. The molecule has 0 aromatic heterocycles. The predicted octanol–water partition coefficient (Wildman–Crippen LogP) is 3.93. The molecule has 0 saturated carbocycles. The number of rotatable bonds is 5. The van der Waals surface area contributed by atoms with Gasteiger partial charge in [0.2, 0.25) is 0 Å². The third-order valence-corrected chi connectivity index (χ3v) is 5.59. The van der Waals surface area contributed by atoms with Crippen molar-refractivity contribution < 1.29 is 13.9 Å². The van der Waals surface area contributed by atoms with Gasteiger partial charge in [0.25, 0.3) is 11.6 Å². The summed E-state index contributed by atoms with van der Waals surface area (Å²) in [6.07, 6.45) is 1.61. The second kappa shape index (κ2) is 7.88. The van der Waals surface area contributed by atoms with Gasteiger partial charge in [0.15, 0.2) is 0 Å². The van der Waals surface area contributed by atoms with Crippen LogP contribution in [0.15, 0.2) is 51.8 Å². The Morgan fingerprint density at radius 3 is 2.36 bits per heavy atom. The van der Waals surface area contributed by atoms with Crippen LogP contribution in [0.4, 0.5) is 5.69 Å². The summed E-state index contributed by atoms with van der Waals surface area (Å²) >= 11 is 3.11. The van der Waals surface area contributed by atoms with E-state index in [2.05, 4.69) is 15.9 Å². The quantitative estimate of drug-likeness (QED) is 0.537. The van der Waals surface area contributed by atoms with Crippen LogP contribution in [0.2, 0.25) is 0 Å². The van der Waals surface area contributed by atoms with Crippen molar-refractivity contribution in [1.82, 2.24) is 4.90 Å². The zero-order chi connectivity index (χ0) is 18.7. The minimum Gasteiger partial charge on any atom is -0.335 e. The topological polar surface area (TPSA) is 80.5 Å². The van der Waals surface area contributed by atoms with Crippen LogP contribution in [0, 0.1) is 10.1 Å². The van der Waals surface area contributed by atoms with E-state index in [4.69, 9.17) is 0 Å². The van der Waals surface area contributed by atoms with Gasteiger partial charge in [0.05, 0.1) is 15.4 Å². The number of hydrogen-bond acceptors (Lipinski definition) is 4. The lowest BCUT2D eigenvalue weighted by Gasteiger charge is -2.25. The molecule has 0 spiro atoms. The summed E-state index contributed by atoms with van der Waals surface area (Å²) in [5.74, 6) is -0.314. The molecular formula is C17H17BrN2O4S. The molecule has 0 saturated heterocycles. The van der Waals surface area contributed by atoms with Gasteiger partial charge in [0, 0.05) is 40.6 Å². The molecular weight excluding hydrogens is 408 g/mol. The lowest BCUT2D eigenvalue weighted by atomic mass is 10.1. The summed E-state index contributed by atoms with van der Waals surface area (Å²) in [6, 6.07) is 11.3. The highest BCUT2D eigenvalue weighted by atomic mass is 79.9. The van der Waals surface area contributed by atoms with Crippen molar-refractivity contribution >= 4 is 38.3 Å². The summed E-state index contributed by atoms with van der Waals surface area (Å²) in [5, 5.41) is 11.0. The number of carbonyl (C=O) groups excluding carboxylic acids is 1. The van der Waals surface area contributed by atoms with Crippen LogP contribution in [-0.2, 0) is 10.8 Å². The van der Waals surface area contributed by atoms with E-state index in [1.165, 1.54) is 17.0 Å². The van der Waals surface area contributed by atoms with E-state index in [9.17, 15) is 19.1 Å². The molecule has 6 nitrogen and oxygen atoms in total. The number of halogens is 1. The zero-order valence-electron chi connectivity index (χ0n) is 13.9. The third kappa shape index (κ3) is 4.32. The van der Waals surface area contributed by atoms with Gasteiger partial charge in [-0.05, 0) is 52.7 Å². The maximum atomic E-state index is 12.7. The average Bonchev–Trinajstić information content (AvgIpc) is 2.60. The molecule has 2 aromatic carbocycles. The summed E-state index contributed by atoms with van der Waals surface area (Å²) < 4.78 is 11.8. The van der Waals surface area contributed by atoms with Crippen molar-refractivity contribution in [2.75, 3.05) is 13.3 Å². The average molecular weight is 425 g/mol. The Balaban J connectivity index is 2.25. The van der Waals surface area contributed by atoms with Crippen molar-refractivity contribution in [3.05, 3.63) is 68.2 Å². The molecule has 0 aliphatic heterocycles. The SMILES string of the molecule is C[C@H](c1ccc([S@](C)=O)cc1)N(C)C(=O)c1ccc(Br)c([N+](=O)[O-])c1. The maximum absolute atomic E-state index is 12.7. The lowest BCUT2D eigenvalue weighted by Crippen LogP contribution is -2.29. The number of nitro groups is 1. The fraction of sp³-hybridized carbons (Fsp3) is 0.235. The molecule has 0 unspecified atom stereocenters. The van der Waals surface area contributed by atoms with Gasteiger partial charge < -0.3 is 4.90 Å². The van der Waals surface area contributed by atoms with Crippen LogP contribution in [-0.4, -0.2) is 33.2 Å². The van der Waals surface area contributed by atoms with Crippen LogP contribution in [0.3, 0.4) is 0 Å². The van der Waals surface area contributed by atoms with E-state index in [-0.39, 0.29) is 23.2 Å². The minimum absolute atomic E-state index is 0.151. The summed E-state index contributed by atoms with van der Waals surface area (Å²) in [4.78, 5) is 25.4. The third-order valence-electron chi connectivity index (χ3n) is 3.99. The van der Waals surface area contributed by atoms with Crippen LogP contribution in [0.5, 0.6) is 0 Å². The van der Waals surface area contributed by atoms with Gasteiger partial charge >= 0.3 is 0 Å². The first-order valence-corrected chi connectivity index (χ1v) is 9.72. The molecule has 2 aromatic rings. The van der Waals surface area contributed by atoms with Crippen molar-refractivity contribution in [2.45, 2.75) is 17.9 Å². The lowest BCUT2D eigenvalue weighted by molar-refractivity contribution is -0.385. The van der Waals surface area contributed by atoms with E-state index in [1.807, 2.05) is 19.1 Å². The standard InChI is InChI=1S/C17H17BrN2O4S/c1-11(12-4-7-14(8-5-12)25(3)24)19(2)17(21)13-6-9-15(18)16(10-13)20(22)23/h4-11H,1-3H3/t11-,25+/m1/s1.